The molecule has 2 rings (SSSR count). The molecule has 0 spiro atoms. The first-order valence-electron chi connectivity index (χ1n) is 8.97. The van der Waals surface area contributed by atoms with Crippen LogP contribution in [0.1, 0.15) is 84.5 Å². The average Bonchev–Trinajstić information content (AvgIpc) is 2.40. The Morgan fingerprint density at radius 1 is 0.895 bits per heavy atom. The first kappa shape index (κ1) is 15.4. The third kappa shape index (κ3) is 5.85. The smallest absolute Gasteiger partial charge is 0.00697 e. The molecule has 0 saturated heterocycles. The minimum Gasteiger partial charge on any atom is -0.314 e. The third-order valence-corrected chi connectivity index (χ3v) is 5.30. The van der Waals surface area contributed by atoms with E-state index in [9.17, 15) is 0 Å². The molecule has 0 aliphatic heterocycles. The maximum Gasteiger partial charge on any atom is 0.00697 e. The molecule has 0 aromatic rings. The first-order chi connectivity index (χ1) is 9.24. The van der Waals surface area contributed by atoms with Crippen LogP contribution in [0, 0.1) is 17.8 Å². The molecule has 1 N–H and O–H groups in total. The molecule has 112 valence electrons. The summed E-state index contributed by atoms with van der Waals surface area (Å²) in [6.07, 6.45) is 16.2. The van der Waals surface area contributed by atoms with E-state index < -0.39 is 0 Å². The lowest BCUT2D eigenvalue weighted by Crippen LogP contribution is -2.35. The molecule has 1 heteroatoms. The van der Waals surface area contributed by atoms with Crippen LogP contribution in [-0.2, 0) is 0 Å². The predicted molar refractivity (Wildman–Crippen MR) is 84.4 cm³/mol. The monoisotopic (exact) mass is 265 g/mol. The minimum atomic E-state index is 0.834. The van der Waals surface area contributed by atoms with E-state index in [0.29, 0.717) is 0 Å². The van der Waals surface area contributed by atoms with Gasteiger partial charge in [0, 0.05) is 6.04 Å². The van der Waals surface area contributed by atoms with Crippen molar-refractivity contribution in [3.05, 3.63) is 0 Å². The Morgan fingerprint density at radius 3 is 2.37 bits per heavy atom. The van der Waals surface area contributed by atoms with Crippen LogP contribution in [0.4, 0.5) is 0 Å². The maximum atomic E-state index is 3.87. The summed E-state index contributed by atoms with van der Waals surface area (Å²) in [5, 5.41) is 3.87. The lowest BCUT2D eigenvalue weighted by molar-refractivity contribution is 0.245. The Balaban J connectivity index is 1.59. The van der Waals surface area contributed by atoms with Gasteiger partial charge in [0.2, 0.25) is 0 Å². The lowest BCUT2D eigenvalue weighted by Gasteiger charge is -2.31. The number of hydrogen-bond acceptors (Lipinski definition) is 1. The molecule has 2 fully saturated rings. The fraction of sp³-hybridized carbons (Fsp3) is 1.00. The van der Waals surface area contributed by atoms with Gasteiger partial charge in [-0.05, 0) is 50.0 Å². The fourth-order valence-electron chi connectivity index (χ4n) is 4.32. The van der Waals surface area contributed by atoms with Crippen molar-refractivity contribution in [2.24, 2.45) is 17.8 Å². The van der Waals surface area contributed by atoms with Crippen molar-refractivity contribution in [2.75, 3.05) is 6.54 Å². The van der Waals surface area contributed by atoms with Crippen LogP contribution in [0.2, 0.25) is 0 Å². The Hall–Kier alpha value is -0.0400. The fourth-order valence-corrected chi connectivity index (χ4v) is 4.32. The van der Waals surface area contributed by atoms with E-state index in [1.165, 1.54) is 77.2 Å². The van der Waals surface area contributed by atoms with Crippen molar-refractivity contribution >= 4 is 0 Å². The zero-order valence-corrected chi connectivity index (χ0v) is 13.3. The van der Waals surface area contributed by atoms with Crippen molar-refractivity contribution in [3.8, 4) is 0 Å². The number of hydrogen-bond donors (Lipinski definition) is 1. The largest absolute Gasteiger partial charge is 0.314 e. The van der Waals surface area contributed by atoms with E-state index in [2.05, 4.69) is 19.2 Å². The molecule has 2 atom stereocenters. The Morgan fingerprint density at radius 2 is 1.63 bits per heavy atom. The standard InChI is InChI=1S/C18H35N/c1-15(2)13-17-9-6-10-18(14-17)19-12-11-16-7-4-3-5-8-16/h15-19H,3-14H2,1-2H3. The van der Waals surface area contributed by atoms with Crippen molar-refractivity contribution in [1.82, 2.24) is 5.32 Å². The van der Waals surface area contributed by atoms with Crippen molar-refractivity contribution in [2.45, 2.75) is 90.5 Å². The van der Waals surface area contributed by atoms with Gasteiger partial charge < -0.3 is 5.32 Å². The minimum absolute atomic E-state index is 0.834. The number of rotatable bonds is 6. The van der Waals surface area contributed by atoms with Crippen LogP contribution in [-0.4, -0.2) is 12.6 Å². The van der Waals surface area contributed by atoms with Gasteiger partial charge in [-0.15, -0.1) is 0 Å². The van der Waals surface area contributed by atoms with Gasteiger partial charge in [-0.3, -0.25) is 0 Å². The summed E-state index contributed by atoms with van der Waals surface area (Å²) in [7, 11) is 0. The molecular weight excluding hydrogens is 230 g/mol. The summed E-state index contributed by atoms with van der Waals surface area (Å²) in [6.45, 7) is 6.03. The van der Waals surface area contributed by atoms with Crippen LogP contribution in [0.15, 0.2) is 0 Å². The van der Waals surface area contributed by atoms with E-state index in [1.807, 2.05) is 0 Å². The second kappa shape index (κ2) is 8.29. The summed E-state index contributed by atoms with van der Waals surface area (Å²) in [4.78, 5) is 0. The second-order valence-electron chi connectivity index (χ2n) is 7.61. The maximum absolute atomic E-state index is 3.87. The molecule has 0 bridgehead atoms. The zero-order valence-electron chi connectivity index (χ0n) is 13.3. The lowest BCUT2D eigenvalue weighted by atomic mass is 9.81. The second-order valence-corrected chi connectivity index (χ2v) is 7.61. The van der Waals surface area contributed by atoms with E-state index in [1.54, 1.807) is 0 Å². The highest BCUT2D eigenvalue weighted by atomic mass is 14.9. The molecule has 0 aromatic carbocycles. The normalized spacial score (nSPS) is 29.8. The Labute approximate surface area is 120 Å². The topological polar surface area (TPSA) is 12.0 Å². The van der Waals surface area contributed by atoms with Gasteiger partial charge in [0.1, 0.15) is 0 Å². The van der Waals surface area contributed by atoms with Gasteiger partial charge in [-0.2, -0.15) is 0 Å². The molecule has 1 nitrogen and oxygen atoms in total. The molecule has 2 aliphatic carbocycles. The predicted octanol–water partition coefficient (Wildman–Crippen LogP) is 5.15. The van der Waals surface area contributed by atoms with Crippen LogP contribution >= 0.6 is 0 Å². The van der Waals surface area contributed by atoms with Crippen LogP contribution < -0.4 is 5.32 Å². The first-order valence-corrected chi connectivity index (χ1v) is 8.97. The van der Waals surface area contributed by atoms with E-state index in [-0.39, 0.29) is 0 Å². The summed E-state index contributed by atoms with van der Waals surface area (Å²) < 4.78 is 0. The highest BCUT2D eigenvalue weighted by molar-refractivity contribution is 4.79. The van der Waals surface area contributed by atoms with Crippen LogP contribution in [0.3, 0.4) is 0 Å². The van der Waals surface area contributed by atoms with Gasteiger partial charge in [0.05, 0.1) is 0 Å². The third-order valence-electron chi connectivity index (χ3n) is 5.30. The van der Waals surface area contributed by atoms with Crippen LogP contribution in [0.5, 0.6) is 0 Å². The molecule has 0 heterocycles. The summed E-state index contributed by atoms with van der Waals surface area (Å²) in [6, 6.07) is 0.834. The quantitative estimate of drug-likeness (QED) is 0.700. The SMILES string of the molecule is CC(C)CC1CCCC(NCCC2CCCCC2)C1. The number of nitrogens with one attached hydrogen (secondary N) is 1. The van der Waals surface area contributed by atoms with Gasteiger partial charge >= 0.3 is 0 Å². The van der Waals surface area contributed by atoms with Gasteiger partial charge in [-0.1, -0.05) is 58.8 Å². The molecule has 2 unspecified atom stereocenters. The van der Waals surface area contributed by atoms with Crippen molar-refractivity contribution in [1.29, 1.82) is 0 Å². The molecule has 19 heavy (non-hydrogen) atoms. The highest BCUT2D eigenvalue weighted by Gasteiger charge is 2.22. The summed E-state index contributed by atoms with van der Waals surface area (Å²) >= 11 is 0. The van der Waals surface area contributed by atoms with E-state index in [0.717, 1.165) is 23.8 Å². The van der Waals surface area contributed by atoms with Crippen molar-refractivity contribution in [3.63, 3.8) is 0 Å². The van der Waals surface area contributed by atoms with E-state index >= 15 is 0 Å². The van der Waals surface area contributed by atoms with Crippen LogP contribution in [0.25, 0.3) is 0 Å². The van der Waals surface area contributed by atoms with Gasteiger partial charge in [-0.25, -0.2) is 0 Å². The zero-order chi connectivity index (χ0) is 13.5. The highest BCUT2D eigenvalue weighted by Crippen LogP contribution is 2.30. The van der Waals surface area contributed by atoms with Gasteiger partial charge in [0.15, 0.2) is 0 Å². The van der Waals surface area contributed by atoms with E-state index in [4.69, 9.17) is 0 Å². The Kier molecular flexibility index (Phi) is 6.70. The van der Waals surface area contributed by atoms with Crippen molar-refractivity contribution < 1.29 is 0 Å². The summed E-state index contributed by atoms with van der Waals surface area (Å²) in [5.41, 5.74) is 0. The molecule has 0 aromatic heterocycles. The molecule has 0 radical (unpaired) electrons. The molecule has 2 saturated carbocycles. The summed E-state index contributed by atoms with van der Waals surface area (Å²) in [5.74, 6) is 2.92. The van der Waals surface area contributed by atoms with Gasteiger partial charge in [0.25, 0.3) is 0 Å². The molecular formula is C18H35N. The Bertz CT molecular complexity index is 230. The molecule has 2 aliphatic rings. The average molecular weight is 265 g/mol. The molecule has 0 amide bonds.